The van der Waals surface area contributed by atoms with Gasteiger partial charge >= 0.3 is 0 Å². The molecule has 0 saturated heterocycles. The molecule has 1 aromatic heterocycles. The minimum Gasteiger partial charge on any atom is -0.493 e. The molecule has 1 aliphatic heterocycles. The van der Waals surface area contributed by atoms with Crippen molar-refractivity contribution in [3.63, 3.8) is 0 Å². The van der Waals surface area contributed by atoms with E-state index in [0.29, 0.717) is 40.8 Å². The van der Waals surface area contributed by atoms with E-state index in [0.717, 1.165) is 16.5 Å². The number of aromatic nitrogens is 2. The van der Waals surface area contributed by atoms with E-state index in [4.69, 9.17) is 15.2 Å². The Bertz CT molecular complexity index is 1160. The maximum absolute atomic E-state index is 13.2. The third-order valence-electron chi connectivity index (χ3n) is 5.42. The predicted molar refractivity (Wildman–Crippen MR) is 117 cm³/mol. The zero-order chi connectivity index (χ0) is 22.5. The van der Waals surface area contributed by atoms with Crippen molar-refractivity contribution in [2.45, 2.75) is 52.2 Å². The molecule has 2 heterocycles. The van der Waals surface area contributed by atoms with Crippen LogP contribution in [0.25, 0.3) is 10.9 Å². The van der Waals surface area contributed by atoms with Gasteiger partial charge in [-0.1, -0.05) is 0 Å². The Labute approximate surface area is 179 Å². The molecule has 1 aliphatic rings. The van der Waals surface area contributed by atoms with Crippen LogP contribution in [-0.2, 0) is 6.42 Å². The van der Waals surface area contributed by atoms with E-state index in [2.05, 4.69) is 15.3 Å². The predicted octanol–water partition coefficient (Wildman–Crippen LogP) is 5.35. The van der Waals surface area contributed by atoms with Gasteiger partial charge in [-0.15, -0.1) is 0 Å². The quantitative estimate of drug-likeness (QED) is 0.533. The number of hydrogen-bond acceptors (Lipinski definition) is 6. The number of aryl methyl sites for hydroxylation is 1. The van der Waals surface area contributed by atoms with Gasteiger partial charge in [0.1, 0.15) is 17.2 Å². The van der Waals surface area contributed by atoms with Crippen LogP contribution in [0.2, 0.25) is 0 Å². The lowest BCUT2D eigenvalue weighted by Crippen LogP contribution is -2.24. The summed E-state index contributed by atoms with van der Waals surface area (Å²) in [4.78, 5) is 9.26. The smallest absolute Gasteiger partial charge is 0.263 e. The average Bonchev–Trinajstić information content (AvgIpc) is 3.02. The van der Waals surface area contributed by atoms with Gasteiger partial charge in [0.2, 0.25) is 0 Å². The maximum atomic E-state index is 13.2. The molecule has 0 bridgehead atoms. The van der Waals surface area contributed by atoms with Crippen molar-refractivity contribution in [2.24, 2.45) is 0 Å². The second kappa shape index (κ2) is 7.51. The monoisotopic (exact) mass is 428 g/mol. The van der Waals surface area contributed by atoms with Crippen LogP contribution in [-0.4, -0.2) is 22.7 Å². The van der Waals surface area contributed by atoms with Crippen LogP contribution in [0.4, 0.5) is 20.3 Å². The van der Waals surface area contributed by atoms with Crippen LogP contribution >= 0.6 is 0 Å². The standard InChI is InChI=1S/C23H26F2N4O2/c1-11(13-6-14(21(24)25)8-15(26)7-13)27-22-16-9-18(30-5)20-17(10-23(3,4)31-20)19(16)28-12(2)29-22/h6-9,11,21H,10,26H2,1-5H3,(H,27,28,29)/t11-/m1/s1. The Morgan fingerprint density at radius 2 is 1.87 bits per heavy atom. The fourth-order valence-electron chi connectivity index (χ4n) is 4.04. The second-order valence-electron chi connectivity index (χ2n) is 8.54. The number of benzene rings is 2. The van der Waals surface area contributed by atoms with Crippen LogP contribution in [0.15, 0.2) is 24.3 Å². The fraction of sp³-hybridized carbons (Fsp3) is 0.391. The lowest BCUT2D eigenvalue weighted by molar-refractivity contribution is 0.134. The molecule has 1 atom stereocenters. The number of anilines is 2. The largest absolute Gasteiger partial charge is 0.493 e. The summed E-state index contributed by atoms with van der Waals surface area (Å²) in [6, 6.07) is 5.98. The molecule has 164 valence electrons. The second-order valence-corrected chi connectivity index (χ2v) is 8.54. The van der Waals surface area contributed by atoms with E-state index >= 15 is 0 Å². The summed E-state index contributed by atoms with van der Waals surface area (Å²) < 4.78 is 38.2. The van der Waals surface area contributed by atoms with Crippen LogP contribution in [0.3, 0.4) is 0 Å². The molecule has 2 aromatic carbocycles. The van der Waals surface area contributed by atoms with Gasteiger partial charge in [-0.05, 0) is 57.5 Å². The van der Waals surface area contributed by atoms with Gasteiger partial charge in [-0.25, -0.2) is 18.7 Å². The van der Waals surface area contributed by atoms with Crippen molar-refractivity contribution in [1.82, 2.24) is 9.97 Å². The van der Waals surface area contributed by atoms with Crippen LogP contribution in [0.1, 0.15) is 55.8 Å². The molecular weight excluding hydrogens is 402 g/mol. The number of methoxy groups -OCH3 is 1. The van der Waals surface area contributed by atoms with Gasteiger partial charge in [0.15, 0.2) is 11.5 Å². The van der Waals surface area contributed by atoms with Crippen molar-refractivity contribution >= 4 is 22.4 Å². The summed E-state index contributed by atoms with van der Waals surface area (Å²) in [5.74, 6) is 2.51. The topological polar surface area (TPSA) is 82.3 Å². The Kier molecular flexibility index (Phi) is 5.11. The van der Waals surface area contributed by atoms with Crippen LogP contribution < -0.4 is 20.5 Å². The first-order valence-corrected chi connectivity index (χ1v) is 10.1. The third kappa shape index (κ3) is 3.94. The summed E-state index contributed by atoms with van der Waals surface area (Å²) in [5, 5.41) is 4.14. The molecule has 6 nitrogen and oxygen atoms in total. The molecule has 31 heavy (non-hydrogen) atoms. The Morgan fingerprint density at radius 1 is 1.16 bits per heavy atom. The lowest BCUT2D eigenvalue weighted by Gasteiger charge is -2.19. The van der Waals surface area contributed by atoms with Gasteiger partial charge in [0.25, 0.3) is 6.43 Å². The number of nitrogens with zero attached hydrogens (tertiary/aromatic N) is 2. The van der Waals surface area contributed by atoms with Crippen LogP contribution in [0, 0.1) is 6.92 Å². The maximum Gasteiger partial charge on any atom is 0.263 e. The number of nitrogen functional groups attached to an aromatic ring is 1. The molecule has 0 fully saturated rings. The van der Waals surface area contributed by atoms with Gasteiger partial charge < -0.3 is 20.5 Å². The lowest BCUT2D eigenvalue weighted by atomic mass is 9.98. The molecule has 0 unspecified atom stereocenters. The molecule has 3 aromatic rings. The molecular formula is C23H26F2N4O2. The summed E-state index contributed by atoms with van der Waals surface area (Å²) in [6.45, 7) is 7.74. The molecule has 0 spiro atoms. The molecule has 8 heteroatoms. The van der Waals surface area contributed by atoms with Crippen molar-refractivity contribution in [1.29, 1.82) is 0 Å². The van der Waals surface area contributed by atoms with Crippen molar-refractivity contribution in [2.75, 3.05) is 18.2 Å². The highest BCUT2D eigenvalue weighted by atomic mass is 19.3. The molecule has 0 aliphatic carbocycles. The summed E-state index contributed by atoms with van der Waals surface area (Å²) >= 11 is 0. The first-order valence-electron chi connectivity index (χ1n) is 10.1. The zero-order valence-corrected chi connectivity index (χ0v) is 18.2. The number of nitrogens with two attached hydrogens (primary N) is 1. The van der Waals surface area contributed by atoms with Gasteiger partial charge in [-0.2, -0.15) is 0 Å². The van der Waals surface area contributed by atoms with Crippen molar-refractivity contribution in [3.8, 4) is 11.5 Å². The van der Waals surface area contributed by atoms with E-state index in [9.17, 15) is 8.78 Å². The number of alkyl halides is 2. The summed E-state index contributed by atoms with van der Waals surface area (Å²) in [5.41, 5.74) is 8.10. The minimum absolute atomic E-state index is 0.105. The molecule has 3 N–H and O–H groups in total. The number of ether oxygens (including phenoxy) is 2. The highest BCUT2D eigenvalue weighted by molar-refractivity contribution is 5.95. The van der Waals surface area contributed by atoms with Crippen molar-refractivity contribution < 1.29 is 18.3 Å². The number of halogens is 2. The Hall–Kier alpha value is -3.16. The first-order chi connectivity index (χ1) is 14.6. The summed E-state index contributed by atoms with van der Waals surface area (Å²) in [6.07, 6.45) is -1.90. The van der Waals surface area contributed by atoms with E-state index in [1.165, 1.54) is 12.1 Å². The van der Waals surface area contributed by atoms with E-state index in [-0.39, 0.29) is 17.2 Å². The first kappa shape index (κ1) is 21.1. The van der Waals surface area contributed by atoms with E-state index in [1.54, 1.807) is 13.2 Å². The highest BCUT2D eigenvalue weighted by Gasteiger charge is 2.35. The van der Waals surface area contributed by atoms with E-state index < -0.39 is 6.43 Å². The average molecular weight is 428 g/mol. The fourth-order valence-corrected chi connectivity index (χ4v) is 4.04. The van der Waals surface area contributed by atoms with Crippen LogP contribution in [0.5, 0.6) is 11.5 Å². The van der Waals surface area contributed by atoms with Gasteiger partial charge in [0.05, 0.1) is 18.7 Å². The molecule has 0 saturated carbocycles. The van der Waals surface area contributed by atoms with Gasteiger partial charge in [0, 0.05) is 28.6 Å². The molecule has 0 radical (unpaired) electrons. The number of nitrogens with one attached hydrogen (secondary N) is 1. The zero-order valence-electron chi connectivity index (χ0n) is 18.2. The summed E-state index contributed by atoms with van der Waals surface area (Å²) in [7, 11) is 1.60. The van der Waals surface area contributed by atoms with Crippen molar-refractivity contribution in [3.05, 3.63) is 46.8 Å². The Balaban J connectivity index is 1.80. The number of hydrogen-bond donors (Lipinski definition) is 2. The molecule has 4 rings (SSSR count). The number of fused-ring (bicyclic) bond motifs is 3. The van der Waals surface area contributed by atoms with E-state index in [1.807, 2.05) is 33.8 Å². The minimum atomic E-state index is -2.59. The van der Waals surface area contributed by atoms with Gasteiger partial charge in [-0.3, -0.25) is 0 Å². The SMILES string of the molecule is COc1cc2c(N[C@H](C)c3cc(N)cc(C(F)F)c3)nc(C)nc2c2c1OC(C)(C)C2. The Morgan fingerprint density at radius 3 is 2.55 bits per heavy atom. The molecule has 0 amide bonds. The normalized spacial score (nSPS) is 15.6. The third-order valence-corrected chi connectivity index (χ3v) is 5.42. The highest BCUT2D eigenvalue weighted by Crippen LogP contribution is 2.46. The number of rotatable bonds is 5.